The first kappa shape index (κ1) is 9.22. The smallest absolute Gasteiger partial charge is 0.0305 e. The number of thiophene rings is 1. The van der Waals surface area contributed by atoms with Gasteiger partial charge < -0.3 is 5.73 Å². The van der Waals surface area contributed by atoms with Gasteiger partial charge in [-0.3, -0.25) is 0 Å². The van der Waals surface area contributed by atoms with Crippen molar-refractivity contribution in [2.45, 2.75) is 38.6 Å². The number of aryl methyl sites for hydroxylation is 1. The van der Waals surface area contributed by atoms with Gasteiger partial charge in [-0.15, -0.1) is 11.3 Å². The summed E-state index contributed by atoms with van der Waals surface area (Å²) in [6.07, 6.45) is 5.41. The van der Waals surface area contributed by atoms with Crippen molar-refractivity contribution < 1.29 is 0 Å². The number of nitrogens with two attached hydrogens (primary N) is 1. The van der Waals surface area contributed by atoms with E-state index in [1.165, 1.54) is 36.1 Å². The highest BCUT2D eigenvalue weighted by atomic mass is 32.1. The third-order valence-electron chi connectivity index (χ3n) is 2.99. The van der Waals surface area contributed by atoms with Crippen LogP contribution in [-0.4, -0.2) is 0 Å². The van der Waals surface area contributed by atoms with Gasteiger partial charge in [0.05, 0.1) is 0 Å². The summed E-state index contributed by atoms with van der Waals surface area (Å²) in [4.78, 5) is 1.37. The molecule has 13 heavy (non-hydrogen) atoms. The first-order valence-corrected chi connectivity index (χ1v) is 5.94. The maximum Gasteiger partial charge on any atom is 0.0305 e. The van der Waals surface area contributed by atoms with E-state index in [4.69, 9.17) is 5.73 Å². The lowest BCUT2D eigenvalue weighted by Crippen LogP contribution is -2.19. The Morgan fingerprint density at radius 3 is 2.85 bits per heavy atom. The van der Waals surface area contributed by atoms with Crippen molar-refractivity contribution in [2.24, 2.45) is 11.7 Å². The summed E-state index contributed by atoms with van der Waals surface area (Å²) >= 11 is 1.81. The molecular weight excluding hydrogens is 178 g/mol. The highest BCUT2D eigenvalue weighted by Gasteiger charge is 2.21. The van der Waals surface area contributed by atoms with Gasteiger partial charge in [0.1, 0.15) is 0 Å². The highest BCUT2D eigenvalue weighted by molar-refractivity contribution is 7.10. The van der Waals surface area contributed by atoms with Crippen molar-refractivity contribution in [3.05, 3.63) is 21.9 Å². The van der Waals surface area contributed by atoms with Crippen LogP contribution in [0.2, 0.25) is 0 Å². The normalized spacial score (nSPS) is 19.8. The van der Waals surface area contributed by atoms with Crippen LogP contribution < -0.4 is 5.73 Å². The van der Waals surface area contributed by atoms with E-state index in [2.05, 4.69) is 18.4 Å². The van der Waals surface area contributed by atoms with Crippen molar-refractivity contribution >= 4 is 11.3 Å². The standard InChI is InChI=1S/C11H17NS/c1-8-5-10(7-13-8)11(12)6-9-3-2-4-9/h5,7,9,11H,2-4,6,12H2,1H3. The highest BCUT2D eigenvalue weighted by Crippen LogP contribution is 2.34. The SMILES string of the molecule is Cc1cc(C(N)CC2CCC2)cs1. The van der Waals surface area contributed by atoms with E-state index in [-0.39, 0.29) is 6.04 Å². The van der Waals surface area contributed by atoms with Gasteiger partial charge in [0.15, 0.2) is 0 Å². The molecule has 1 heterocycles. The molecule has 2 N–H and O–H groups in total. The third kappa shape index (κ3) is 2.12. The molecule has 1 saturated carbocycles. The van der Waals surface area contributed by atoms with Crippen molar-refractivity contribution in [1.29, 1.82) is 0 Å². The molecule has 0 bridgehead atoms. The Morgan fingerprint density at radius 2 is 2.38 bits per heavy atom. The molecule has 2 rings (SSSR count). The van der Waals surface area contributed by atoms with Gasteiger partial charge >= 0.3 is 0 Å². The quantitative estimate of drug-likeness (QED) is 0.787. The van der Waals surface area contributed by atoms with Gasteiger partial charge in [-0.1, -0.05) is 19.3 Å². The Kier molecular flexibility index (Phi) is 2.70. The van der Waals surface area contributed by atoms with Gasteiger partial charge in [0, 0.05) is 10.9 Å². The largest absolute Gasteiger partial charge is 0.324 e. The second-order valence-corrected chi connectivity index (χ2v) is 5.25. The fraction of sp³-hybridized carbons (Fsp3) is 0.636. The van der Waals surface area contributed by atoms with Crippen molar-refractivity contribution in [1.82, 2.24) is 0 Å². The lowest BCUT2D eigenvalue weighted by atomic mass is 9.80. The average molecular weight is 195 g/mol. The van der Waals surface area contributed by atoms with Crippen LogP contribution in [0.15, 0.2) is 11.4 Å². The van der Waals surface area contributed by atoms with Crippen LogP contribution >= 0.6 is 11.3 Å². The minimum atomic E-state index is 0.287. The molecule has 0 amide bonds. The van der Waals surface area contributed by atoms with E-state index in [1.54, 1.807) is 11.3 Å². The molecule has 0 aromatic carbocycles. The fourth-order valence-electron chi connectivity index (χ4n) is 1.88. The van der Waals surface area contributed by atoms with Gasteiger partial charge in [-0.2, -0.15) is 0 Å². The maximum atomic E-state index is 6.13. The van der Waals surface area contributed by atoms with E-state index in [1.807, 2.05) is 0 Å². The molecule has 1 atom stereocenters. The predicted molar refractivity (Wildman–Crippen MR) is 57.9 cm³/mol. The van der Waals surface area contributed by atoms with Crippen LogP contribution in [0, 0.1) is 12.8 Å². The van der Waals surface area contributed by atoms with E-state index < -0.39 is 0 Å². The predicted octanol–water partition coefficient (Wildman–Crippen LogP) is 3.25. The van der Waals surface area contributed by atoms with E-state index >= 15 is 0 Å². The molecule has 1 unspecified atom stereocenters. The Bertz CT molecular complexity index is 275. The Balaban J connectivity index is 1.92. The van der Waals surface area contributed by atoms with Crippen LogP contribution in [-0.2, 0) is 0 Å². The summed E-state index contributed by atoms with van der Waals surface area (Å²) in [5, 5.41) is 2.21. The molecule has 72 valence electrons. The van der Waals surface area contributed by atoms with Crippen LogP contribution in [0.4, 0.5) is 0 Å². The molecule has 0 aliphatic heterocycles. The first-order chi connectivity index (χ1) is 6.25. The average Bonchev–Trinajstić information content (AvgIpc) is 2.44. The second kappa shape index (κ2) is 3.81. The molecule has 1 aliphatic rings. The Labute approximate surface area is 84.0 Å². The van der Waals surface area contributed by atoms with Gasteiger partial charge in [0.25, 0.3) is 0 Å². The summed E-state index contributed by atoms with van der Waals surface area (Å²) in [5.41, 5.74) is 7.47. The summed E-state index contributed by atoms with van der Waals surface area (Å²) in [5.74, 6) is 0.912. The van der Waals surface area contributed by atoms with Gasteiger partial charge in [-0.25, -0.2) is 0 Å². The summed E-state index contributed by atoms with van der Waals surface area (Å²) in [7, 11) is 0. The Morgan fingerprint density at radius 1 is 1.62 bits per heavy atom. The summed E-state index contributed by atoms with van der Waals surface area (Å²) < 4.78 is 0. The van der Waals surface area contributed by atoms with Crippen molar-refractivity contribution in [2.75, 3.05) is 0 Å². The molecule has 1 aromatic heterocycles. The topological polar surface area (TPSA) is 26.0 Å². The Hall–Kier alpha value is -0.340. The van der Waals surface area contributed by atoms with Gasteiger partial charge in [0.2, 0.25) is 0 Å². The molecule has 1 nitrogen and oxygen atoms in total. The molecular formula is C11H17NS. The zero-order valence-corrected chi connectivity index (χ0v) is 8.94. The minimum absolute atomic E-state index is 0.287. The molecule has 1 aromatic rings. The van der Waals surface area contributed by atoms with E-state index in [0.29, 0.717) is 0 Å². The van der Waals surface area contributed by atoms with Crippen molar-refractivity contribution in [3.63, 3.8) is 0 Å². The zero-order valence-electron chi connectivity index (χ0n) is 8.12. The molecule has 1 aliphatic carbocycles. The van der Waals surface area contributed by atoms with E-state index in [0.717, 1.165) is 5.92 Å². The second-order valence-electron chi connectivity index (χ2n) is 4.13. The number of hydrogen-bond acceptors (Lipinski definition) is 2. The summed E-state index contributed by atoms with van der Waals surface area (Å²) in [6.45, 7) is 2.14. The third-order valence-corrected chi connectivity index (χ3v) is 3.87. The molecule has 2 heteroatoms. The number of hydrogen-bond donors (Lipinski definition) is 1. The first-order valence-electron chi connectivity index (χ1n) is 5.06. The van der Waals surface area contributed by atoms with Crippen LogP contribution in [0.1, 0.15) is 42.2 Å². The molecule has 0 spiro atoms. The summed E-state index contributed by atoms with van der Waals surface area (Å²) in [6, 6.07) is 2.52. The van der Waals surface area contributed by atoms with Crippen LogP contribution in [0.3, 0.4) is 0 Å². The monoisotopic (exact) mass is 195 g/mol. The molecule has 0 saturated heterocycles. The van der Waals surface area contributed by atoms with Crippen LogP contribution in [0.5, 0.6) is 0 Å². The van der Waals surface area contributed by atoms with Crippen LogP contribution in [0.25, 0.3) is 0 Å². The molecule has 1 fully saturated rings. The number of rotatable bonds is 3. The van der Waals surface area contributed by atoms with Gasteiger partial charge in [-0.05, 0) is 36.3 Å². The fourth-order valence-corrected chi connectivity index (χ4v) is 2.65. The zero-order chi connectivity index (χ0) is 9.26. The van der Waals surface area contributed by atoms with Crippen molar-refractivity contribution in [3.8, 4) is 0 Å². The lowest BCUT2D eigenvalue weighted by Gasteiger charge is -2.27. The lowest BCUT2D eigenvalue weighted by molar-refractivity contribution is 0.277. The van der Waals surface area contributed by atoms with E-state index in [9.17, 15) is 0 Å². The molecule has 0 radical (unpaired) electrons. The maximum absolute atomic E-state index is 6.13. The minimum Gasteiger partial charge on any atom is -0.324 e.